The van der Waals surface area contributed by atoms with Crippen LogP contribution in [0.3, 0.4) is 0 Å². The summed E-state index contributed by atoms with van der Waals surface area (Å²) in [7, 11) is 0. The molecule has 0 atom stereocenters. The van der Waals surface area contributed by atoms with E-state index in [2.05, 4.69) is 57.3 Å². The highest BCUT2D eigenvalue weighted by molar-refractivity contribution is 5.58. The van der Waals surface area contributed by atoms with Crippen molar-refractivity contribution in [3.63, 3.8) is 0 Å². The van der Waals surface area contributed by atoms with Gasteiger partial charge in [-0.1, -0.05) is 60.7 Å². The monoisotopic (exact) mass is 347 g/mol. The second kappa shape index (κ2) is 8.19. The normalized spacial score (nSPS) is 15.8. The quantitative estimate of drug-likeness (QED) is 0.720. The average Bonchev–Trinajstić information content (AvgIpc) is 3.18. The lowest BCUT2D eigenvalue weighted by atomic mass is 9.97. The molecule has 0 radical (unpaired) electrons. The third-order valence-electron chi connectivity index (χ3n) is 5.04. The number of nitrogens with zero attached hydrogens (tertiary/aromatic N) is 2. The fourth-order valence-electron chi connectivity index (χ4n) is 3.48. The summed E-state index contributed by atoms with van der Waals surface area (Å²) < 4.78 is 5.92. The van der Waals surface area contributed by atoms with Crippen LogP contribution in [0.1, 0.15) is 18.4 Å². The Hall–Kier alpha value is -2.59. The molecule has 0 aliphatic carbocycles. The number of imidazole rings is 1. The fourth-order valence-corrected chi connectivity index (χ4v) is 3.48. The maximum Gasteiger partial charge on any atom is 0.294 e. The number of hydrogen-bond donors (Lipinski definition) is 1. The number of ether oxygens (including phenoxy) is 1. The molecule has 2 aromatic carbocycles. The summed E-state index contributed by atoms with van der Waals surface area (Å²) in [6, 6.07) is 21.5. The van der Waals surface area contributed by atoms with E-state index in [4.69, 9.17) is 4.74 Å². The molecule has 2 heterocycles. The molecule has 0 amide bonds. The zero-order valence-corrected chi connectivity index (χ0v) is 15.0. The number of aromatic nitrogens is 2. The van der Waals surface area contributed by atoms with Crippen molar-refractivity contribution in [2.45, 2.75) is 19.4 Å². The molecule has 4 rings (SSSR count). The minimum absolute atomic E-state index is 0.604. The first-order chi connectivity index (χ1) is 12.9. The predicted molar refractivity (Wildman–Crippen MR) is 104 cm³/mol. The van der Waals surface area contributed by atoms with E-state index in [9.17, 15) is 0 Å². The van der Waals surface area contributed by atoms with E-state index >= 15 is 0 Å². The molecule has 1 fully saturated rings. The van der Waals surface area contributed by atoms with E-state index in [1.807, 2.05) is 24.4 Å². The second-order valence-electron chi connectivity index (χ2n) is 6.97. The minimum atomic E-state index is 0.604. The maximum atomic E-state index is 5.92. The average molecular weight is 347 g/mol. The van der Waals surface area contributed by atoms with Crippen molar-refractivity contribution >= 4 is 0 Å². The van der Waals surface area contributed by atoms with Crippen molar-refractivity contribution in [1.82, 2.24) is 14.9 Å². The summed E-state index contributed by atoms with van der Waals surface area (Å²) in [4.78, 5) is 10.2. The molecule has 1 aliphatic heterocycles. The van der Waals surface area contributed by atoms with Crippen LogP contribution >= 0.6 is 0 Å². The molecule has 0 saturated carbocycles. The van der Waals surface area contributed by atoms with Gasteiger partial charge in [0.2, 0.25) is 0 Å². The molecule has 1 N–H and O–H groups in total. The van der Waals surface area contributed by atoms with Gasteiger partial charge in [-0.15, -0.1) is 0 Å². The van der Waals surface area contributed by atoms with Crippen LogP contribution in [-0.4, -0.2) is 34.6 Å². The summed E-state index contributed by atoms with van der Waals surface area (Å²) in [5.74, 6) is 0.604. The van der Waals surface area contributed by atoms with Crippen LogP contribution in [0.25, 0.3) is 11.3 Å². The van der Waals surface area contributed by atoms with Gasteiger partial charge in [0.1, 0.15) is 0 Å². The maximum absolute atomic E-state index is 5.92. The Morgan fingerprint density at radius 3 is 2.38 bits per heavy atom. The molecule has 26 heavy (non-hydrogen) atoms. The molecule has 4 heteroatoms. The molecule has 134 valence electrons. The Bertz CT molecular complexity index is 793. The Balaban J connectivity index is 1.23. The van der Waals surface area contributed by atoms with Gasteiger partial charge >= 0.3 is 0 Å². The standard InChI is InChI=1S/C22H25N3O/c1-3-7-18(8-4-1)16-25-13-11-19(12-14-25)17-26-22-23-15-21(24-22)20-9-5-2-6-10-20/h1-10,15,19H,11-14,16-17H2,(H,23,24). The van der Waals surface area contributed by atoms with Gasteiger partial charge in [-0.3, -0.25) is 4.90 Å². The largest absolute Gasteiger partial charge is 0.465 e. The van der Waals surface area contributed by atoms with Gasteiger partial charge in [-0.05, 0) is 37.4 Å². The van der Waals surface area contributed by atoms with Crippen LogP contribution in [-0.2, 0) is 6.54 Å². The van der Waals surface area contributed by atoms with Gasteiger partial charge < -0.3 is 9.72 Å². The second-order valence-corrected chi connectivity index (χ2v) is 6.97. The topological polar surface area (TPSA) is 41.1 Å². The number of hydrogen-bond acceptors (Lipinski definition) is 3. The van der Waals surface area contributed by atoms with Crippen molar-refractivity contribution < 1.29 is 4.74 Å². The van der Waals surface area contributed by atoms with Crippen molar-refractivity contribution in [1.29, 1.82) is 0 Å². The number of piperidine rings is 1. The number of nitrogens with one attached hydrogen (secondary N) is 1. The number of benzene rings is 2. The SMILES string of the molecule is c1ccc(CN2CCC(COc3nc(-c4ccccc4)c[nH]3)CC2)cc1. The summed E-state index contributed by atoms with van der Waals surface area (Å²) in [5, 5.41) is 0. The van der Waals surface area contributed by atoms with Crippen LogP contribution in [0.4, 0.5) is 0 Å². The third-order valence-corrected chi connectivity index (χ3v) is 5.04. The first-order valence-corrected chi connectivity index (χ1v) is 9.37. The molecular weight excluding hydrogens is 322 g/mol. The fraction of sp³-hybridized carbons (Fsp3) is 0.318. The van der Waals surface area contributed by atoms with Crippen molar-refractivity contribution in [2.24, 2.45) is 5.92 Å². The highest BCUT2D eigenvalue weighted by Gasteiger charge is 2.20. The van der Waals surface area contributed by atoms with Crippen molar-refractivity contribution in [2.75, 3.05) is 19.7 Å². The first kappa shape index (κ1) is 16.9. The van der Waals surface area contributed by atoms with Crippen LogP contribution in [0.2, 0.25) is 0 Å². The van der Waals surface area contributed by atoms with Gasteiger partial charge in [0, 0.05) is 18.3 Å². The van der Waals surface area contributed by atoms with E-state index in [0.29, 0.717) is 11.9 Å². The van der Waals surface area contributed by atoms with Gasteiger partial charge in [-0.25, -0.2) is 0 Å². The Morgan fingerprint density at radius 2 is 1.65 bits per heavy atom. The van der Waals surface area contributed by atoms with E-state index < -0.39 is 0 Å². The summed E-state index contributed by atoms with van der Waals surface area (Å²) in [5.41, 5.74) is 3.43. The Kier molecular flexibility index (Phi) is 5.31. The number of aromatic amines is 1. The summed E-state index contributed by atoms with van der Waals surface area (Å²) >= 11 is 0. The summed E-state index contributed by atoms with van der Waals surface area (Å²) in [6.45, 7) is 4.06. The number of rotatable bonds is 6. The molecule has 1 saturated heterocycles. The number of H-pyrrole nitrogens is 1. The zero-order chi connectivity index (χ0) is 17.6. The third kappa shape index (κ3) is 4.33. The van der Waals surface area contributed by atoms with E-state index in [0.717, 1.165) is 37.5 Å². The molecule has 0 unspecified atom stereocenters. The van der Waals surface area contributed by atoms with Crippen molar-refractivity contribution in [3.05, 3.63) is 72.4 Å². The van der Waals surface area contributed by atoms with E-state index in [1.54, 1.807) is 0 Å². The van der Waals surface area contributed by atoms with Gasteiger partial charge in [0.15, 0.2) is 0 Å². The summed E-state index contributed by atoms with van der Waals surface area (Å²) in [6.07, 6.45) is 4.27. The van der Waals surface area contributed by atoms with Crippen LogP contribution < -0.4 is 4.74 Å². The first-order valence-electron chi connectivity index (χ1n) is 9.37. The molecule has 1 aromatic heterocycles. The van der Waals surface area contributed by atoms with Gasteiger partial charge in [-0.2, -0.15) is 4.98 Å². The zero-order valence-electron chi connectivity index (χ0n) is 15.0. The van der Waals surface area contributed by atoms with E-state index in [-0.39, 0.29) is 0 Å². The van der Waals surface area contributed by atoms with Crippen LogP contribution in [0.5, 0.6) is 6.01 Å². The Morgan fingerprint density at radius 1 is 0.962 bits per heavy atom. The van der Waals surface area contributed by atoms with Crippen molar-refractivity contribution in [3.8, 4) is 17.3 Å². The molecule has 0 spiro atoms. The predicted octanol–water partition coefficient (Wildman–Crippen LogP) is 4.37. The van der Waals surface area contributed by atoms with Crippen LogP contribution in [0, 0.1) is 5.92 Å². The molecule has 0 bridgehead atoms. The highest BCUT2D eigenvalue weighted by atomic mass is 16.5. The smallest absolute Gasteiger partial charge is 0.294 e. The van der Waals surface area contributed by atoms with E-state index in [1.165, 1.54) is 18.4 Å². The number of likely N-dealkylation sites (tertiary alicyclic amines) is 1. The lowest BCUT2D eigenvalue weighted by Gasteiger charge is -2.31. The molecule has 3 aromatic rings. The minimum Gasteiger partial charge on any atom is -0.465 e. The lowest BCUT2D eigenvalue weighted by Crippen LogP contribution is -2.35. The van der Waals surface area contributed by atoms with Gasteiger partial charge in [0.05, 0.1) is 12.3 Å². The molecular formula is C22H25N3O. The lowest BCUT2D eigenvalue weighted by molar-refractivity contribution is 0.132. The van der Waals surface area contributed by atoms with Gasteiger partial charge in [0.25, 0.3) is 6.01 Å². The van der Waals surface area contributed by atoms with Crippen LogP contribution in [0.15, 0.2) is 66.9 Å². The Labute approximate surface area is 154 Å². The molecule has 1 aliphatic rings. The molecule has 4 nitrogen and oxygen atoms in total. The highest BCUT2D eigenvalue weighted by Crippen LogP contribution is 2.22.